The molecule has 0 spiro atoms. The molecule has 0 unspecified atom stereocenters. The smallest absolute Gasteiger partial charge is 0.273 e. The van der Waals surface area contributed by atoms with Crippen LogP contribution in [-0.2, 0) is 0 Å². The highest BCUT2D eigenvalue weighted by molar-refractivity contribution is 9.10. The Labute approximate surface area is 98.6 Å². The van der Waals surface area contributed by atoms with E-state index in [1.807, 2.05) is 0 Å². The molecule has 1 heterocycles. The Morgan fingerprint density at radius 1 is 1.47 bits per heavy atom. The van der Waals surface area contributed by atoms with Crippen LogP contribution in [0.25, 0.3) is 11.5 Å². The molecule has 6 heteroatoms. The first-order valence-corrected chi connectivity index (χ1v) is 5.07. The van der Waals surface area contributed by atoms with Crippen molar-refractivity contribution in [3.63, 3.8) is 0 Å². The first-order valence-electron chi connectivity index (χ1n) is 3.90. The molecule has 1 aromatic carbocycles. The summed E-state index contributed by atoms with van der Waals surface area (Å²) in [5.41, 5.74) is 0.702. The lowest BCUT2D eigenvalue weighted by molar-refractivity contribution is 0.428. The van der Waals surface area contributed by atoms with Crippen LogP contribution in [0.2, 0.25) is 5.02 Å². The maximum Gasteiger partial charge on any atom is 0.273 e. The van der Waals surface area contributed by atoms with E-state index in [1.54, 1.807) is 24.3 Å². The van der Waals surface area contributed by atoms with Crippen molar-refractivity contribution >= 4 is 27.5 Å². The van der Waals surface area contributed by atoms with Crippen molar-refractivity contribution < 1.29 is 4.52 Å². The Morgan fingerprint density at radius 2 is 2.27 bits per heavy atom. The fourth-order valence-electron chi connectivity index (χ4n) is 1.04. The fraction of sp³-hybridized carbons (Fsp3) is 0. The number of nitrogens with zero attached hydrogens (tertiary/aromatic N) is 3. The Morgan fingerprint density at radius 3 is 2.87 bits per heavy atom. The second-order valence-electron chi connectivity index (χ2n) is 2.66. The number of benzene rings is 1. The van der Waals surface area contributed by atoms with Crippen molar-refractivity contribution in [2.45, 2.75) is 0 Å². The van der Waals surface area contributed by atoms with Gasteiger partial charge in [0.15, 0.2) is 0 Å². The lowest BCUT2D eigenvalue weighted by atomic mass is 10.2. The molecule has 0 atom stereocenters. The first-order chi connectivity index (χ1) is 7.20. The number of nitriles is 1. The quantitative estimate of drug-likeness (QED) is 0.807. The summed E-state index contributed by atoms with van der Waals surface area (Å²) in [6.45, 7) is 0. The van der Waals surface area contributed by atoms with Crippen molar-refractivity contribution in [2.24, 2.45) is 0 Å². The molecule has 15 heavy (non-hydrogen) atoms. The van der Waals surface area contributed by atoms with E-state index >= 15 is 0 Å². The molecule has 0 radical (unpaired) electrons. The van der Waals surface area contributed by atoms with E-state index in [0.717, 1.165) is 4.47 Å². The third-order valence-electron chi connectivity index (χ3n) is 1.69. The molecule has 0 aliphatic carbocycles. The molecule has 2 rings (SSSR count). The zero-order valence-electron chi connectivity index (χ0n) is 7.24. The molecule has 0 saturated carbocycles. The minimum Gasteiger partial charge on any atom is -0.333 e. The van der Waals surface area contributed by atoms with Gasteiger partial charge in [-0.2, -0.15) is 10.2 Å². The first kappa shape index (κ1) is 10.1. The third kappa shape index (κ3) is 2.01. The molecule has 0 fully saturated rings. The highest BCUT2D eigenvalue weighted by atomic mass is 79.9. The van der Waals surface area contributed by atoms with E-state index in [4.69, 9.17) is 21.4 Å². The fourth-order valence-corrected chi connectivity index (χ4v) is 1.89. The number of rotatable bonds is 1. The summed E-state index contributed by atoms with van der Waals surface area (Å²) < 4.78 is 5.64. The van der Waals surface area contributed by atoms with Crippen LogP contribution in [0.1, 0.15) is 5.82 Å². The highest BCUT2D eigenvalue weighted by Crippen LogP contribution is 2.29. The Bertz CT molecular complexity index is 547. The summed E-state index contributed by atoms with van der Waals surface area (Å²) in [5.74, 6) is 0.293. The van der Waals surface area contributed by atoms with Crippen LogP contribution in [0.4, 0.5) is 0 Å². The topological polar surface area (TPSA) is 62.7 Å². The van der Waals surface area contributed by atoms with Crippen molar-refractivity contribution in [1.29, 1.82) is 5.26 Å². The number of aromatic nitrogens is 2. The van der Waals surface area contributed by atoms with Gasteiger partial charge >= 0.3 is 0 Å². The van der Waals surface area contributed by atoms with Gasteiger partial charge in [-0.1, -0.05) is 11.6 Å². The maximum absolute atomic E-state index is 8.54. The molecule has 0 aliphatic heterocycles. The van der Waals surface area contributed by atoms with Gasteiger partial charge in [0.1, 0.15) is 6.07 Å². The molecular weight excluding hydrogens is 281 g/mol. The minimum absolute atomic E-state index is 0.00634. The predicted molar refractivity (Wildman–Crippen MR) is 57.2 cm³/mol. The van der Waals surface area contributed by atoms with E-state index in [0.29, 0.717) is 10.6 Å². The van der Waals surface area contributed by atoms with Crippen LogP contribution in [-0.4, -0.2) is 10.1 Å². The van der Waals surface area contributed by atoms with Gasteiger partial charge in [-0.05, 0) is 39.3 Å². The number of hydrogen-bond acceptors (Lipinski definition) is 4. The summed E-state index contributed by atoms with van der Waals surface area (Å²) in [7, 11) is 0. The molecular formula is C9H3BrClN3O. The molecule has 0 saturated heterocycles. The molecule has 74 valence electrons. The largest absolute Gasteiger partial charge is 0.333 e. The van der Waals surface area contributed by atoms with Crippen LogP contribution >= 0.6 is 27.5 Å². The van der Waals surface area contributed by atoms with Gasteiger partial charge < -0.3 is 4.52 Å². The van der Waals surface area contributed by atoms with Crippen LogP contribution in [0.15, 0.2) is 27.2 Å². The monoisotopic (exact) mass is 283 g/mol. The Balaban J connectivity index is 2.50. The number of hydrogen-bond donors (Lipinski definition) is 0. The van der Waals surface area contributed by atoms with Gasteiger partial charge in [-0.25, -0.2) is 0 Å². The van der Waals surface area contributed by atoms with Gasteiger partial charge in [-0.15, -0.1) is 0 Å². The van der Waals surface area contributed by atoms with Crippen molar-refractivity contribution in [3.05, 3.63) is 33.5 Å². The molecule has 0 amide bonds. The zero-order chi connectivity index (χ0) is 10.8. The summed E-state index contributed by atoms with van der Waals surface area (Å²) in [5, 5.41) is 12.6. The van der Waals surface area contributed by atoms with Crippen LogP contribution in [0.5, 0.6) is 0 Å². The zero-order valence-corrected chi connectivity index (χ0v) is 9.58. The average molecular weight is 284 g/mol. The molecule has 0 N–H and O–H groups in total. The Kier molecular flexibility index (Phi) is 2.71. The molecule has 1 aromatic heterocycles. The van der Waals surface area contributed by atoms with E-state index in [1.165, 1.54) is 0 Å². The summed E-state index contributed by atoms with van der Waals surface area (Å²) >= 11 is 9.11. The van der Waals surface area contributed by atoms with Crippen LogP contribution in [0, 0.1) is 11.3 Å². The summed E-state index contributed by atoms with van der Waals surface area (Å²) in [6.07, 6.45) is 0. The average Bonchev–Trinajstić information content (AvgIpc) is 2.66. The maximum atomic E-state index is 8.54. The van der Waals surface area contributed by atoms with E-state index < -0.39 is 0 Å². The molecule has 4 nitrogen and oxygen atoms in total. The molecule has 2 aromatic rings. The minimum atomic E-state index is 0.00634. The highest BCUT2D eigenvalue weighted by Gasteiger charge is 2.11. The van der Waals surface area contributed by atoms with E-state index in [-0.39, 0.29) is 11.7 Å². The summed E-state index contributed by atoms with van der Waals surface area (Å²) in [6, 6.07) is 6.95. The van der Waals surface area contributed by atoms with Crippen molar-refractivity contribution in [1.82, 2.24) is 10.1 Å². The van der Waals surface area contributed by atoms with E-state index in [9.17, 15) is 0 Å². The van der Waals surface area contributed by atoms with E-state index in [2.05, 4.69) is 26.1 Å². The second-order valence-corrected chi connectivity index (χ2v) is 3.95. The van der Waals surface area contributed by atoms with Crippen LogP contribution < -0.4 is 0 Å². The lowest BCUT2D eigenvalue weighted by Gasteiger charge is -1.98. The SMILES string of the molecule is N#Cc1noc(-c2ccc(Cl)cc2Br)n1. The molecule has 0 aliphatic rings. The van der Waals surface area contributed by atoms with Gasteiger partial charge in [-0.3, -0.25) is 0 Å². The summed E-state index contributed by atoms with van der Waals surface area (Å²) in [4.78, 5) is 3.88. The van der Waals surface area contributed by atoms with Gasteiger partial charge in [0, 0.05) is 9.50 Å². The normalized spacial score (nSPS) is 9.93. The van der Waals surface area contributed by atoms with Crippen LogP contribution in [0.3, 0.4) is 0 Å². The van der Waals surface area contributed by atoms with Gasteiger partial charge in [0.05, 0.1) is 5.56 Å². The van der Waals surface area contributed by atoms with Crippen molar-refractivity contribution in [3.8, 4) is 17.5 Å². The predicted octanol–water partition coefficient (Wildman–Crippen LogP) is 3.02. The Hall–Kier alpha value is -1.38. The number of halogens is 2. The van der Waals surface area contributed by atoms with Gasteiger partial charge in [0.2, 0.25) is 0 Å². The third-order valence-corrected chi connectivity index (χ3v) is 2.58. The molecule has 0 bridgehead atoms. The van der Waals surface area contributed by atoms with Gasteiger partial charge in [0.25, 0.3) is 11.7 Å². The standard InChI is InChI=1S/C9H3BrClN3O/c10-7-3-5(11)1-2-6(7)9-13-8(4-12)14-15-9/h1-3H. The second kappa shape index (κ2) is 4.01. The lowest BCUT2D eigenvalue weighted by Crippen LogP contribution is -1.80. The van der Waals surface area contributed by atoms with Crippen molar-refractivity contribution in [2.75, 3.05) is 0 Å².